The van der Waals surface area contributed by atoms with E-state index in [2.05, 4.69) is 20.4 Å². The van der Waals surface area contributed by atoms with Crippen molar-refractivity contribution in [1.82, 2.24) is 19.6 Å². The molecular formula is C21H19N5O5. The van der Waals surface area contributed by atoms with E-state index in [1.807, 2.05) is 30.3 Å². The zero-order valence-corrected chi connectivity index (χ0v) is 17.0. The highest BCUT2D eigenvalue weighted by atomic mass is 16.5. The lowest BCUT2D eigenvalue weighted by Gasteiger charge is -2.13. The molecule has 4 aromatic rings. The Bertz CT molecular complexity index is 1290. The van der Waals surface area contributed by atoms with Crippen molar-refractivity contribution in [1.29, 1.82) is 0 Å². The van der Waals surface area contributed by atoms with Gasteiger partial charge in [-0.2, -0.15) is 9.50 Å². The number of ether oxygens (including phenoxy) is 3. The minimum Gasteiger partial charge on any atom is -0.493 e. The molecule has 2 heterocycles. The molecule has 2 aromatic heterocycles. The lowest BCUT2D eigenvalue weighted by Crippen LogP contribution is -2.16. The molecule has 0 fully saturated rings. The van der Waals surface area contributed by atoms with E-state index in [4.69, 9.17) is 14.2 Å². The van der Waals surface area contributed by atoms with Crippen molar-refractivity contribution in [3.8, 4) is 28.5 Å². The summed E-state index contributed by atoms with van der Waals surface area (Å²) in [6.45, 7) is 0. The number of carbonyl (C=O) groups excluding carboxylic acids is 1. The summed E-state index contributed by atoms with van der Waals surface area (Å²) in [5.74, 6) is 0.744. The number of amides is 1. The third-order valence-corrected chi connectivity index (χ3v) is 4.56. The van der Waals surface area contributed by atoms with Gasteiger partial charge < -0.3 is 14.2 Å². The monoisotopic (exact) mass is 421 g/mol. The van der Waals surface area contributed by atoms with Crippen molar-refractivity contribution in [2.24, 2.45) is 0 Å². The number of methoxy groups -OCH3 is 3. The average molecular weight is 421 g/mol. The van der Waals surface area contributed by atoms with Crippen molar-refractivity contribution in [3.63, 3.8) is 0 Å². The molecule has 10 nitrogen and oxygen atoms in total. The summed E-state index contributed by atoms with van der Waals surface area (Å²) in [5, 5.41) is 5.35. The zero-order valence-electron chi connectivity index (χ0n) is 17.0. The highest BCUT2D eigenvalue weighted by Gasteiger charge is 2.18. The number of carbonyl (C=O) groups is 1. The predicted octanol–water partition coefficient (Wildman–Crippen LogP) is 2.36. The van der Waals surface area contributed by atoms with E-state index in [-0.39, 0.29) is 22.8 Å². The van der Waals surface area contributed by atoms with Crippen molar-refractivity contribution >= 4 is 17.6 Å². The van der Waals surface area contributed by atoms with Gasteiger partial charge in [0, 0.05) is 17.2 Å². The second kappa shape index (κ2) is 8.19. The van der Waals surface area contributed by atoms with Crippen LogP contribution in [0.5, 0.6) is 17.2 Å². The Morgan fingerprint density at radius 2 is 1.65 bits per heavy atom. The number of rotatable bonds is 6. The number of aromatic amines is 1. The Kier molecular flexibility index (Phi) is 5.27. The SMILES string of the molecule is COc1cc(C(=O)Nc2nc3nc(-c4ccccc4)cc(=O)n3[nH]2)cc(OC)c1OC. The van der Waals surface area contributed by atoms with Crippen LogP contribution in [0.3, 0.4) is 0 Å². The van der Waals surface area contributed by atoms with Crippen molar-refractivity contribution in [2.75, 3.05) is 26.6 Å². The number of benzene rings is 2. The maximum atomic E-state index is 12.8. The van der Waals surface area contributed by atoms with E-state index in [1.54, 1.807) is 0 Å². The summed E-state index contributed by atoms with van der Waals surface area (Å²) in [4.78, 5) is 33.9. The van der Waals surface area contributed by atoms with Crippen molar-refractivity contribution in [3.05, 3.63) is 64.4 Å². The van der Waals surface area contributed by atoms with Crippen molar-refractivity contribution in [2.45, 2.75) is 0 Å². The third-order valence-electron chi connectivity index (χ3n) is 4.56. The van der Waals surface area contributed by atoms with Crippen LogP contribution >= 0.6 is 0 Å². The van der Waals surface area contributed by atoms with Crippen LogP contribution in [0.15, 0.2) is 53.3 Å². The smallest absolute Gasteiger partial charge is 0.274 e. The lowest BCUT2D eigenvalue weighted by atomic mass is 10.1. The van der Waals surface area contributed by atoms with Gasteiger partial charge in [-0.25, -0.2) is 4.98 Å². The third kappa shape index (κ3) is 3.78. The van der Waals surface area contributed by atoms with Gasteiger partial charge in [-0.05, 0) is 12.1 Å². The Labute approximate surface area is 176 Å². The van der Waals surface area contributed by atoms with E-state index in [1.165, 1.54) is 39.5 Å². The number of H-pyrrole nitrogens is 1. The normalized spacial score (nSPS) is 10.7. The Balaban J connectivity index is 1.67. The maximum absolute atomic E-state index is 12.8. The fourth-order valence-corrected chi connectivity index (χ4v) is 3.09. The highest BCUT2D eigenvalue weighted by Crippen LogP contribution is 2.38. The fourth-order valence-electron chi connectivity index (χ4n) is 3.09. The molecule has 0 aliphatic heterocycles. The molecule has 0 radical (unpaired) electrons. The topological polar surface area (TPSA) is 120 Å². The van der Waals surface area contributed by atoms with Gasteiger partial charge in [-0.15, -0.1) is 0 Å². The highest BCUT2D eigenvalue weighted by molar-refractivity contribution is 6.04. The van der Waals surface area contributed by atoms with Crippen LogP contribution in [0.2, 0.25) is 0 Å². The molecule has 10 heteroatoms. The van der Waals surface area contributed by atoms with Gasteiger partial charge >= 0.3 is 0 Å². The number of aromatic nitrogens is 4. The average Bonchev–Trinajstić information content (AvgIpc) is 3.21. The van der Waals surface area contributed by atoms with Gasteiger partial charge in [0.2, 0.25) is 11.7 Å². The molecule has 2 N–H and O–H groups in total. The molecule has 0 saturated carbocycles. The quantitative estimate of drug-likeness (QED) is 0.490. The van der Waals surface area contributed by atoms with E-state index in [0.717, 1.165) is 10.1 Å². The number of nitrogens with one attached hydrogen (secondary N) is 2. The summed E-state index contributed by atoms with van der Waals surface area (Å²) in [6.07, 6.45) is 0. The van der Waals surface area contributed by atoms with E-state index in [0.29, 0.717) is 22.9 Å². The van der Waals surface area contributed by atoms with Crippen LogP contribution in [0.4, 0.5) is 5.95 Å². The maximum Gasteiger partial charge on any atom is 0.274 e. The van der Waals surface area contributed by atoms with Gasteiger partial charge in [0.15, 0.2) is 11.5 Å². The number of hydrogen-bond acceptors (Lipinski definition) is 7. The first-order valence-corrected chi connectivity index (χ1v) is 9.20. The van der Waals surface area contributed by atoms with E-state index in [9.17, 15) is 9.59 Å². The minimum atomic E-state index is -0.491. The molecule has 2 aromatic carbocycles. The predicted molar refractivity (Wildman–Crippen MR) is 113 cm³/mol. The summed E-state index contributed by atoms with van der Waals surface area (Å²) in [6, 6.07) is 13.7. The van der Waals surface area contributed by atoms with Crippen LogP contribution in [0, 0.1) is 0 Å². The first-order valence-electron chi connectivity index (χ1n) is 9.20. The number of fused-ring (bicyclic) bond motifs is 1. The zero-order chi connectivity index (χ0) is 22.0. The minimum absolute atomic E-state index is 0.0635. The molecule has 0 aliphatic carbocycles. The number of anilines is 1. The molecule has 0 bridgehead atoms. The van der Waals surface area contributed by atoms with Crippen LogP contribution in [-0.4, -0.2) is 46.8 Å². The molecule has 0 unspecified atom stereocenters. The Hall–Kier alpha value is -4.34. The second-order valence-corrected chi connectivity index (χ2v) is 6.42. The summed E-state index contributed by atoms with van der Waals surface area (Å²) in [5.41, 5.74) is 1.16. The van der Waals surface area contributed by atoms with E-state index < -0.39 is 5.91 Å². The largest absolute Gasteiger partial charge is 0.493 e. The lowest BCUT2D eigenvalue weighted by molar-refractivity contribution is 0.102. The number of nitrogens with zero attached hydrogens (tertiary/aromatic N) is 3. The van der Waals surface area contributed by atoms with Crippen LogP contribution in [-0.2, 0) is 0 Å². The molecule has 0 atom stereocenters. The first kappa shape index (κ1) is 20.0. The Morgan fingerprint density at radius 3 is 2.26 bits per heavy atom. The van der Waals surface area contributed by atoms with Gasteiger partial charge in [0.25, 0.3) is 17.2 Å². The molecule has 0 spiro atoms. The molecule has 0 saturated heterocycles. The summed E-state index contributed by atoms with van der Waals surface area (Å²) >= 11 is 0. The Morgan fingerprint density at radius 1 is 0.968 bits per heavy atom. The van der Waals surface area contributed by atoms with Crippen LogP contribution < -0.4 is 25.1 Å². The fraction of sp³-hybridized carbons (Fsp3) is 0.143. The van der Waals surface area contributed by atoms with Crippen LogP contribution in [0.1, 0.15) is 10.4 Å². The van der Waals surface area contributed by atoms with Gasteiger partial charge in [-0.1, -0.05) is 30.3 Å². The molecule has 4 rings (SSSR count). The van der Waals surface area contributed by atoms with Gasteiger partial charge in [0.05, 0.1) is 27.0 Å². The van der Waals surface area contributed by atoms with Crippen LogP contribution in [0.25, 0.3) is 17.0 Å². The standard InChI is InChI=1S/C21H19N5O5/c1-29-15-9-13(10-16(30-2)18(15)31-3)19(28)23-20-24-21-22-14(11-17(27)26(21)25-20)12-7-5-4-6-8-12/h4-11H,1-3H3,(H2,22,23,24,25,28). The van der Waals surface area contributed by atoms with Gasteiger partial charge in [-0.3, -0.25) is 20.0 Å². The van der Waals surface area contributed by atoms with Crippen molar-refractivity contribution < 1.29 is 19.0 Å². The molecule has 31 heavy (non-hydrogen) atoms. The molecular weight excluding hydrogens is 402 g/mol. The number of hydrogen-bond donors (Lipinski definition) is 2. The first-order chi connectivity index (χ1) is 15.0. The molecule has 158 valence electrons. The van der Waals surface area contributed by atoms with E-state index >= 15 is 0 Å². The molecule has 0 aliphatic rings. The summed E-state index contributed by atoms with van der Waals surface area (Å²) in [7, 11) is 4.39. The second-order valence-electron chi connectivity index (χ2n) is 6.42. The summed E-state index contributed by atoms with van der Waals surface area (Å²) < 4.78 is 17.0. The molecule has 1 amide bonds. The van der Waals surface area contributed by atoms with Gasteiger partial charge in [0.1, 0.15) is 0 Å².